The SMILES string of the molecule is CC1(N2CCN(Cc3ccc4c(c3)OCO4)CC2)Nc2ccccc2S1. The predicted molar refractivity (Wildman–Crippen MR) is 104 cm³/mol. The van der Waals surface area contributed by atoms with Gasteiger partial charge in [0.25, 0.3) is 0 Å². The van der Waals surface area contributed by atoms with Gasteiger partial charge in [0.2, 0.25) is 6.79 Å². The van der Waals surface area contributed by atoms with Crippen LogP contribution in [0.25, 0.3) is 0 Å². The van der Waals surface area contributed by atoms with Gasteiger partial charge in [0.05, 0.1) is 0 Å². The summed E-state index contributed by atoms with van der Waals surface area (Å²) in [6, 6.07) is 14.9. The number of ether oxygens (including phenoxy) is 2. The third-order valence-corrected chi connectivity index (χ3v) is 6.71. The number of nitrogens with one attached hydrogen (secondary N) is 1. The maximum absolute atomic E-state index is 5.50. The summed E-state index contributed by atoms with van der Waals surface area (Å²) >= 11 is 1.93. The Balaban J connectivity index is 1.20. The molecule has 1 unspecified atom stereocenters. The minimum Gasteiger partial charge on any atom is -0.454 e. The number of para-hydroxylation sites is 1. The molecule has 5 nitrogen and oxygen atoms in total. The van der Waals surface area contributed by atoms with Crippen molar-refractivity contribution in [3.63, 3.8) is 0 Å². The lowest BCUT2D eigenvalue weighted by Crippen LogP contribution is -2.56. The Morgan fingerprint density at radius 3 is 2.69 bits per heavy atom. The van der Waals surface area contributed by atoms with E-state index in [-0.39, 0.29) is 4.99 Å². The van der Waals surface area contributed by atoms with Crippen molar-refractivity contribution in [3.8, 4) is 11.5 Å². The third-order valence-electron chi connectivity index (χ3n) is 5.38. The van der Waals surface area contributed by atoms with Crippen molar-refractivity contribution in [2.75, 3.05) is 38.3 Å². The van der Waals surface area contributed by atoms with Crippen LogP contribution in [0.2, 0.25) is 0 Å². The van der Waals surface area contributed by atoms with Crippen LogP contribution in [0.15, 0.2) is 47.4 Å². The smallest absolute Gasteiger partial charge is 0.231 e. The Hall–Kier alpha value is -1.89. The van der Waals surface area contributed by atoms with E-state index in [9.17, 15) is 0 Å². The molecule has 0 spiro atoms. The summed E-state index contributed by atoms with van der Waals surface area (Å²) in [6.07, 6.45) is 0. The monoisotopic (exact) mass is 369 g/mol. The Morgan fingerprint density at radius 2 is 1.85 bits per heavy atom. The summed E-state index contributed by atoms with van der Waals surface area (Å²) in [5, 5.41) is 3.71. The van der Waals surface area contributed by atoms with Crippen LogP contribution >= 0.6 is 11.8 Å². The zero-order chi connectivity index (χ0) is 17.6. The molecule has 6 heteroatoms. The largest absolute Gasteiger partial charge is 0.454 e. The second-order valence-corrected chi connectivity index (χ2v) is 8.60. The van der Waals surface area contributed by atoms with Crippen molar-refractivity contribution < 1.29 is 9.47 Å². The molecule has 5 rings (SSSR count). The van der Waals surface area contributed by atoms with Crippen LogP contribution in [0, 0.1) is 0 Å². The van der Waals surface area contributed by atoms with Crippen molar-refractivity contribution in [1.29, 1.82) is 0 Å². The van der Waals surface area contributed by atoms with Crippen LogP contribution in [0.3, 0.4) is 0 Å². The number of hydrogen-bond donors (Lipinski definition) is 1. The summed E-state index contributed by atoms with van der Waals surface area (Å²) < 4.78 is 10.9. The Labute approximate surface area is 158 Å². The molecule has 0 radical (unpaired) electrons. The molecule has 3 aliphatic heterocycles. The number of nitrogens with zero attached hydrogens (tertiary/aromatic N) is 2. The van der Waals surface area contributed by atoms with Gasteiger partial charge in [-0.25, -0.2) is 0 Å². The summed E-state index contributed by atoms with van der Waals surface area (Å²) in [7, 11) is 0. The number of benzene rings is 2. The average Bonchev–Trinajstić information content (AvgIpc) is 3.25. The standard InChI is InChI=1S/C20H23N3O2S/c1-20(21-16-4-2-3-5-19(16)26-20)23-10-8-22(9-11-23)13-15-6-7-17-18(12-15)25-14-24-17/h2-7,12,21H,8-11,13-14H2,1H3. The van der Waals surface area contributed by atoms with Crippen LogP contribution in [-0.4, -0.2) is 47.8 Å². The fourth-order valence-corrected chi connectivity index (χ4v) is 5.20. The lowest BCUT2D eigenvalue weighted by molar-refractivity contribution is 0.0952. The molecule has 3 aliphatic rings. The van der Waals surface area contributed by atoms with Gasteiger partial charge < -0.3 is 14.8 Å². The quantitative estimate of drug-likeness (QED) is 0.893. The van der Waals surface area contributed by atoms with Gasteiger partial charge in [-0.05, 0) is 36.8 Å². The van der Waals surface area contributed by atoms with Crippen LogP contribution < -0.4 is 14.8 Å². The van der Waals surface area contributed by atoms with Gasteiger partial charge >= 0.3 is 0 Å². The maximum Gasteiger partial charge on any atom is 0.231 e. The Bertz CT molecular complexity index is 795. The molecule has 0 bridgehead atoms. The van der Waals surface area contributed by atoms with E-state index < -0.39 is 0 Å². The van der Waals surface area contributed by atoms with E-state index in [1.54, 1.807) is 0 Å². The summed E-state index contributed by atoms with van der Waals surface area (Å²) in [5.41, 5.74) is 2.54. The molecular formula is C20H23N3O2S. The molecule has 0 aromatic heterocycles. The van der Waals surface area contributed by atoms with E-state index in [1.165, 1.54) is 16.1 Å². The Morgan fingerprint density at radius 1 is 1.04 bits per heavy atom. The van der Waals surface area contributed by atoms with Gasteiger partial charge in [0, 0.05) is 43.3 Å². The highest BCUT2D eigenvalue weighted by Crippen LogP contribution is 2.46. The molecule has 3 heterocycles. The fourth-order valence-electron chi connectivity index (χ4n) is 3.92. The zero-order valence-corrected chi connectivity index (χ0v) is 15.7. The van der Waals surface area contributed by atoms with E-state index in [1.807, 2.05) is 17.8 Å². The first-order chi connectivity index (χ1) is 12.7. The maximum atomic E-state index is 5.50. The first kappa shape index (κ1) is 16.3. The highest BCUT2D eigenvalue weighted by molar-refractivity contribution is 8.01. The minimum atomic E-state index is -0.0471. The topological polar surface area (TPSA) is 37.0 Å². The molecule has 136 valence electrons. The van der Waals surface area contributed by atoms with Crippen molar-refractivity contribution in [2.45, 2.75) is 23.4 Å². The highest BCUT2D eigenvalue weighted by Gasteiger charge is 2.39. The second kappa shape index (κ2) is 6.37. The average molecular weight is 369 g/mol. The first-order valence-corrected chi connectivity index (χ1v) is 9.93. The molecule has 2 aromatic carbocycles. The van der Waals surface area contributed by atoms with Gasteiger partial charge in [-0.3, -0.25) is 9.80 Å². The molecule has 1 saturated heterocycles. The van der Waals surface area contributed by atoms with E-state index in [0.29, 0.717) is 6.79 Å². The molecule has 26 heavy (non-hydrogen) atoms. The Kier molecular flexibility index (Phi) is 3.99. The van der Waals surface area contributed by atoms with Gasteiger partial charge in [-0.2, -0.15) is 0 Å². The number of hydrogen-bond acceptors (Lipinski definition) is 6. The third kappa shape index (κ3) is 2.92. The predicted octanol–water partition coefficient (Wildman–Crippen LogP) is 3.42. The van der Waals surface area contributed by atoms with E-state index in [2.05, 4.69) is 58.4 Å². The number of fused-ring (bicyclic) bond motifs is 2. The molecule has 2 aromatic rings. The molecule has 0 aliphatic carbocycles. The van der Waals surface area contributed by atoms with Crippen LogP contribution in [0.5, 0.6) is 11.5 Å². The van der Waals surface area contributed by atoms with Gasteiger partial charge in [0.15, 0.2) is 11.5 Å². The highest BCUT2D eigenvalue weighted by atomic mass is 32.2. The number of rotatable bonds is 3. The number of piperazine rings is 1. The van der Waals surface area contributed by atoms with E-state index >= 15 is 0 Å². The van der Waals surface area contributed by atoms with Crippen molar-refractivity contribution in [3.05, 3.63) is 48.0 Å². The summed E-state index contributed by atoms with van der Waals surface area (Å²) in [5.74, 6) is 1.73. The normalized spacial score (nSPS) is 25.1. The fraction of sp³-hybridized carbons (Fsp3) is 0.400. The lowest BCUT2D eigenvalue weighted by atomic mass is 10.1. The minimum absolute atomic E-state index is 0.0471. The summed E-state index contributed by atoms with van der Waals surface area (Å²) in [6.45, 7) is 7.87. The van der Waals surface area contributed by atoms with Gasteiger partial charge in [-0.1, -0.05) is 30.0 Å². The molecule has 1 N–H and O–H groups in total. The van der Waals surface area contributed by atoms with E-state index in [4.69, 9.17) is 9.47 Å². The molecule has 0 saturated carbocycles. The van der Waals surface area contributed by atoms with E-state index in [0.717, 1.165) is 44.2 Å². The molecule has 1 fully saturated rings. The van der Waals surface area contributed by atoms with Gasteiger partial charge in [0.1, 0.15) is 4.99 Å². The lowest BCUT2D eigenvalue weighted by Gasteiger charge is -2.43. The number of thioether (sulfide) groups is 1. The molecule has 0 amide bonds. The van der Waals surface area contributed by atoms with Crippen LogP contribution in [0.1, 0.15) is 12.5 Å². The van der Waals surface area contributed by atoms with Gasteiger partial charge in [-0.15, -0.1) is 0 Å². The van der Waals surface area contributed by atoms with Crippen molar-refractivity contribution >= 4 is 17.4 Å². The van der Waals surface area contributed by atoms with Crippen LogP contribution in [0.4, 0.5) is 5.69 Å². The van der Waals surface area contributed by atoms with Crippen molar-refractivity contribution in [2.24, 2.45) is 0 Å². The zero-order valence-electron chi connectivity index (χ0n) is 14.9. The van der Waals surface area contributed by atoms with Crippen LogP contribution in [-0.2, 0) is 6.54 Å². The molecule has 1 atom stereocenters. The second-order valence-electron chi connectivity index (χ2n) is 7.16. The summed E-state index contributed by atoms with van der Waals surface area (Å²) in [4.78, 5) is 6.38. The number of anilines is 1. The van der Waals surface area contributed by atoms with Crippen molar-refractivity contribution in [1.82, 2.24) is 9.80 Å². The first-order valence-electron chi connectivity index (χ1n) is 9.12. The molecular weight excluding hydrogens is 346 g/mol.